The molecule has 4 heteroatoms. The fourth-order valence-corrected chi connectivity index (χ4v) is 3.18. The lowest BCUT2D eigenvalue weighted by atomic mass is 9.80. The van der Waals surface area contributed by atoms with E-state index < -0.39 is 22.4 Å². The zero-order valence-electron chi connectivity index (χ0n) is 17.1. The van der Waals surface area contributed by atoms with Crippen molar-refractivity contribution in [2.45, 2.75) is 77.8 Å². The van der Waals surface area contributed by atoms with Crippen LogP contribution in [-0.4, -0.2) is 20.4 Å². The molecule has 0 bridgehead atoms. The van der Waals surface area contributed by atoms with Gasteiger partial charge < -0.3 is 20.4 Å². The van der Waals surface area contributed by atoms with Crippen LogP contribution in [0.5, 0.6) is 0 Å². The maximum atomic E-state index is 10.8. The van der Waals surface area contributed by atoms with Crippen molar-refractivity contribution >= 4 is 10.8 Å². The van der Waals surface area contributed by atoms with Gasteiger partial charge in [0.2, 0.25) is 0 Å². The Morgan fingerprint density at radius 1 is 0.462 bits per heavy atom. The zero-order chi connectivity index (χ0) is 20.3. The number of rotatable bonds is 4. The van der Waals surface area contributed by atoms with Crippen LogP contribution in [0.15, 0.2) is 24.3 Å². The van der Waals surface area contributed by atoms with Gasteiger partial charge in [0.05, 0.1) is 22.4 Å². The fourth-order valence-electron chi connectivity index (χ4n) is 3.18. The Morgan fingerprint density at radius 3 is 0.923 bits per heavy atom. The number of fused-ring (bicyclic) bond motifs is 1. The van der Waals surface area contributed by atoms with Gasteiger partial charge in [-0.15, -0.1) is 0 Å². The highest BCUT2D eigenvalue weighted by molar-refractivity contribution is 5.91. The van der Waals surface area contributed by atoms with Crippen molar-refractivity contribution in [1.29, 1.82) is 0 Å². The molecule has 26 heavy (non-hydrogen) atoms. The topological polar surface area (TPSA) is 80.9 Å². The quantitative estimate of drug-likeness (QED) is 0.669. The SMILES string of the molecule is CC(C)(O)c1cc(C(C)(C)O)c2cc(C(C)(C)O)cc(C(C)(C)O)c2c1. The zero-order valence-corrected chi connectivity index (χ0v) is 17.1. The van der Waals surface area contributed by atoms with Crippen LogP contribution >= 0.6 is 0 Å². The lowest BCUT2D eigenvalue weighted by Gasteiger charge is -2.30. The summed E-state index contributed by atoms with van der Waals surface area (Å²) in [7, 11) is 0. The van der Waals surface area contributed by atoms with Crippen molar-refractivity contribution in [2.24, 2.45) is 0 Å². The maximum absolute atomic E-state index is 10.8. The van der Waals surface area contributed by atoms with Crippen LogP contribution in [0.4, 0.5) is 0 Å². The van der Waals surface area contributed by atoms with Crippen LogP contribution < -0.4 is 0 Å². The summed E-state index contributed by atoms with van der Waals surface area (Å²) in [5, 5.41) is 44.1. The van der Waals surface area contributed by atoms with E-state index in [-0.39, 0.29) is 0 Å². The van der Waals surface area contributed by atoms with Crippen molar-refractivity contribution in [1.82, 2.24) is 0 Å². The van der Waals surface area contributed by atoms with Gasteiger partial charge in [0, 0.05) is 0 Å². The first kappa shape index (κ1) is 20.8. The Bertz CT molecular complexity index is 752. The normalized spacial score (nSPS) is 14.2. The smallest absolute Gasteiger partial charge is 0.0846 e. The molecule has 0 amide bonds. The molecule has 0 atom stereocenters. The highest BCUT2D eigenvalue weighted by atomic mass is 16.3. The molecule has 0 saturated carbocycles. The Kier molecular flexibility index (Phi) is 4.83. The van der Waals surface area contributed by atoms with Crippen LogP contribution in [0.25, 0.3) is 10.8 Å². The molecule has 0 aliphatic carbocycles. The van der Waals surface area contributed by atoms with Crippen molar-refractivity contribution in [3.63, 3.8) is 0 Å². The summed E-state index contributed by atoms with van der Waals surface area (Å²) < 4.78 is 0. The summed E-state index contributed by atoms with van der Waals surface area (Å²) >= 11 is 0. The summed E-state index contributed by atoms with van der Waals surface area (Å²) in [6.45, 7) is 13.5. The van der Waals surface area contributed by atoms with Gasteiger partial charge in [-0.25, -0.2) is 0 Å². The number of benzene rings is 2. The second-order valence-electron chi connectivity index (χ2n) is 9.38. The van der Waals surface area contributed by atoms with Gasteiger partial charge in [-0.1, -0.05) is 0 Å². The van der Waals surface area contributed by atoms with E-state index in [2.05, 4.69) is 0 Å². The molecule has 0 fully saturated rings. The molecule has 0 unspecified atom stereocenters. The van der Waals surface area contributed by atoms with E-state index in [1.54, 1.807) is 67.5 Å². The van der Waals surface area contributed by atoms with E-state index in [1.165, 1.54) is 0 Å². The van der Waals surface area contributed by atoms with Gasteiger partial charge in [0.1, 0.15) is 0 Å². The molecule has 2 aromatic rings. The Labute approximate surface area is 156 Å². The van der Waals surface area contributed by atoms with Gasteiger partial charge in [0.15, 0.2) is 0 Å². The van der Waals surface area contributed by atoms with E-state index >= 15 is 0 Å². The minimum absolute atomic E-state index is 0.642. The van der Waals surface area contributed by atoms with Crippen molar-refractivity contribution in [3.05, 3.63) is 46.5 Å². The molecular formula is C22H32O4. The van der Waals surface area contributed by atoms with Crippen molar-refractivity contribution in [2.75, 3.05) is 0 Å². The van der Waals surface area contributed by atoms with Gasteiger partial charge >= 0.3 is 0 Å². The standard InChI is InChI=1S/C22H32O4/c1-19(2,23)13-9-15-16(17(11-13)21(5,6)25)10-14(20(3,4)24)12-18(15)22(7,8)26/h9-12,23-26H,1-8H3. The van der Waals surface area contributed by atoms with E-state index in [9.17, 15) is 20.4 Å². The average molecular weight is 360 g/mol. The monoisotopic (exact) mass is 360 g/mol. The fraction of sp³-hybridized carbons (Fsp3) is 0.545. The highest BCUT2D eigenvalue weighted by Crippen LogP contribution is 2.40. The molecule has 4 N–H and O–H groups in total. The van der Waals surface area contributed by atoms with Gasteiger partial charge in [-0.3, -0.25) is 0 Å². The van der Waals surface area contributed by atoms with Gasteiger partial charge in [0.25, 0.3) is 0 Å². The highest BCUT2D eigenvalue weighted by Gasteiger charge is 2.30. The van der Waals surface area contributed by atoms with Gasteiger partial charge in [-0.2, -0.15) is 0 Å². The lowest BCUT2D eigenvalue weighted by molar-refractivity contribution is 0.0695. The molecule has 0 aliphatic rings. The van der Waals surface area contributed by atoms with E-state index in [0.717, 1.165) is 10.8 Å². The van der Waals surface area contributed by atoms with E-state index in [1.807, 2.05) is 12.1 Å². The lowest BCUT2D eigenvalue weighted by Crippen LogP contribution is -2.24. The molecule has 0 aliphatic heterocycles. The Hall–Kier alpha value is -1.46. The third-order valence-corrected chi connectivity index (χ3v) is 4.80. The number of hydrogen-bond donors (Lipinski definition) is 4. The molecule has 0 aromatic heterocycles. The second-order valence-corrected chi connectivity index (χ2v) is 9.38. The summed E-state index contributed by atoms with van der Waals surface area (Å²) in [4.78, 5) is 0. The molecule has 2 rings (SSSR count). The van der Waals surface area contributed by atoms with Crippen LogP contribution in [-0.2, 0) is 22.4 Å². The van der Waals surface area contributed by atoms with E-state index in [4.69, 9.17) is 0 Å². The third-order valence-electron chi connectivity index (χ3n) is 4.80. The van der Waals surface area contributed by atoms with Crippen LogP contribution in [0, 0.1) is 0 Å². The average Bonchev–Trinajstić information content (AvgIpc) is 2.40. The Morgan fingerprint density at radius 2 is 0.731 bits per heavy atom. The summed E-state index contributed by atoms with van der Waals surface area (Å²) in [5.74, 6) is 0. The van der Waals surface area contributed by atoms with Crippen LogP contribution in [0.3, 0.4) is 0 Å². The first-order valence-electron chi connectivity index (χ1n) is 8.95. The molecule has 144 valence electrons. The third kappa shape index (κ3) is 4.09. The molecule has 0 heterocycles. The summed E-state index contributed by atoms with van der Waals surface area (Å²) in [5.41, 5.74) is -1.91. The van der Waals surface area contributed by atoms with Crippen LogP contribution in [0.1, 0.15) is 77.6 Å². The predicted molar refractivity (Wildman–Crippen MR) is 105 cm³/mol. The van der Waals surface area contributed by atoms with Crippen molar-refractivity contribution < 1.29 is 20.4 Å². The molecule has 4 nitrogen and oxygen atoms in total. The summed E-state index contributed by atoms with van der Waals surface area (Å²) in [6.07, 6.45) is 0. The molecular weight excluding hydrogens is 328 g/mol. The van der Waals surface area contributed by atoms with Crippen molar-refractivity contribution in [3.8, 4) is 0 Å². The molecule has 2 aromatic carbocycles. The number of hydrogen-bond acceptors (Lipinski definition) is 4. The first-order valence-corrected chi connectivity index (χ1v) is 8.95. The first-order chi connectivity index (χ1) is 11.4. The van der Waals surface area contributed by atoms with Gasteiger partial charge in [-0.05, 0) is 113 Å². The molecule has 0 radical (unpaired) electrons. The largest absolute Gasteiger partial charge is 0.386 e. The predicted octanol–water partition coefficient (Wildman–Crippen LogP) is 3.75. The van der Waals surface area contributed by atoms with Crippen LogP contribution in [0.2, 0.25) is 0 Å². The summed E-state index contributed by atoms with van der Waals surface area (Å²) in [6, 6.07) is 7.30. The Balaban J connectivity index is 3.09. The maximum Gasteiger partial charge on any atom is 0.0846 e. The minimum Gasteiger partial charge on any atom is -0.386 e. The molecule has 0 saturated heterocycles. The minimum atomic E-state index is -1.16. The second kappa shape index (κ2) is 6.03. The molecule has 0 spiro atoms. The number of aliphatic hydroxyl groups is 4. The van der Waals surface area contributed by atoms with E-state index in [0.29, 0.717) is 22.3 Å².